The van der Waals surface area contributed by atoms with Crippen molar-refractivity contribution in [2.24, 2.45) is 0 Å². The van der Waals surface area contributed by atoms with E-state index in [2.05, 4.69) is 5.32 Å². The fourth-order valence-corrected chi connectivity index (χ4v) is 2.75. The van der Waals surface area contributed by atoms with E-state index < -0.39 is 0 Å². The fraction of sp³-hybridized carbons (Fsp3) is 0.238. The normalized spacial score (nSPS) is 10.7. The van der Waals surface area contributed by atoms with Gasteiger partial charge in [-0.05, 0) is 36.2 Å². The summed E-state index contributed by atoms with van der Waals surface area (Å²) in [6.07, 6.45) is 2.81. The number of rotatable bonds is 8. The highest BCUT2D eigenvalue weighted by atomic mass is 16.5. The Bertz CT molecular complexity index is 913. The first-order chi connectivity index (χ1) is 12.7. The third kappa shape index (κ3) is 4.51. The number of benzene rings is 2. The first kappa shape index (κ1) is 17.7. The number of carbonyl (C=O) groups is 2. The topological polar surface area (TPSA) is 68.5 Å². The average Bonchev–Trinajstić information content (AvgIpc) is 3.14. The number of ether oxygens (including phenoxy) is 1. The fourth-order valence-electron chi connectivity index (χ4n) is 2.75. The zero-order chi connectivity index (χ0) is 18.4. The molecule has 1 N–H and O–H groups in total. The Morgan fingerprint density at radius 2 is 1.96 bits per heavy atom. The number of carbonyl (C=O) groups excluding carboxylic acids is 2. The molecular weight excluding hydrogens is 330 g/mol. The van der Waals surface area contributed by atoms with Crippen LogP contribution in [0.3, 0.4) is 0 Å². The summed E-state index contributed by atoms with van der Waals surface area (Å²) >= 11 is 0. The van der Waals surface area contributed by atoms with Gasteiger partial charge in [-0.1, -0.05) is 24.3 Å². The van der Waals surface area contributed by atoms with E-state index >= 15 is 0 Å². The monoisotopic (exact) mass is 351 g/mol. The van der Waals surface area contributed by atoms with Crippen molar-refractivity contribution in [3.05, 3.63) is 65.9 Å². The molecule has 2 aromatic carbocycles. The van der Waals surface area contributed by atoms with Gasteiger partial charge in [0.25, 0.3) is 0 Å². The summed E-state index contributed by atoms with van der Waals surface area (Å²) in [4.78, 5) is 24.2. The van der Waals surface area contributed by atoms with Crippen molar-refractivity contribution < 1.29 is 18.7 Å². The molecule has 0 saturated heterocycles. The van der Waals surface area contributed by atoms with Gasteiger partial charge < -0.3 is 14.5 Å². The SMILES string of the molecule is COc1cccc(C(=O)CCCC(=O)NCc2ccc3ccoc3c2)c1. The molecule has 5 heteroatoms. The number of hydrogen-bond acceptors (Lipinski definition) is 4. The first-order valence-corrected chi connectivity index (χ1v) is 8.56. The van der Waals surface area contributed by atoms with Gasteiger partial charge in [-0.2, -0.15) is 0 Å². The van der Waals surface area contributed by atoms with Gasteiger partial charge in [-0.3, -0.25) is 9.59 Å². The predicted molar refractivity (Wildman–Crippen MR) is 99.2 cm³/mol. The third-order valence-corrected chi connectivity index (χ3v) is 4.21. The number of furan rings is 1. The Labute approximate surface area is 152 Å². The molecule has 1 aromatic heterocycles. The maximum absolute atomic E-state index is 12.2. The van der Waals surface area contributed by atoms with E-state index in [0.29, 0.717) is 37.1 Å². The van der Waals surface area contributed by atoms with Gasteiger partial charge in [0.1, 0.15) is 11.3 Å². The minimum absolute atomic E-state index is 0.0139. The molecule has 5 nitrogen and oxygen atoms in total. The van der Waals surface area contributed by atoms with Crippen molar-refractivity contribution in [1.82, 2.24) is 5.32 Å². The highest BCUT2D eigenvalue weighted by Gasteiger charge is 2.09. The second-order valence-electron chi connectivity index (χ2n) is 6.08. The number of methoxy groups -OCH3 is 1. The van der Waals surface area contributed by atoms with Crippen LogP contribution in [0.4, 0.5) is 0 Å². The summed E-state index contributed by atoms with van der Waals surface area (Å²) in [5, 5.41) is 3.91. The Hall–Kier alpha value is -3.08. The lowest BCUT2D eigenvalue weighted by atomic mass is 10.1. The first-order valence-electron chi connectivity index (χ1n) is 8.56. The maximum Gasteiger partial charge on any atom is 0.220 e. The van der Waals surface area contributed by atoms with Crippen molar-refractivity contribution in [3.8, 4) is 5.75 Å². The lowest BCUT2D eigenvalue weighted by Crippen LogP contribution is -2.22. The Morgan fingerprint density at radius 1 is 1.08 bits per heavy atom. The van der Waals surface area contributed by atoms with Crippen LogP contribution in [0.5, 0.6) is 5.75 Å². The Balaban J connectivity index is 1.42. The molecule has 0 atom stereocenters. The number of ketones is 1. The van der Waals surface area contributed by atoms with E-state index in [9.17, 15) is 9.59 Å². The van der Waals surface area contributed by atoms with Crippen LogP contribution in [0.2, 0.25) is 0 Å². The van der Waals surface area contributed by atoms with Crippen LogP contribution in [-0.2, 0) is 11.3 Å². The van der Waals surface area contributed by atoms with E-state index in [1.807, 2.05) is 24.3 Å². The minimum Gasteiger partial charge on any atom is -0.497 e. The van der Waals surface area contributed by atoms with Gasteiger partial charge in [0.05, 0.1) is 13.4 Å². The average molecular weight is 351 g/mol. The molecule has 26 heavy (non-hydrogen) atoms. The van der Waals surface area contributed by atoms with Crippen LogP contribution >= 0.6 is 0 Å². The smallest absolute Gasteiger partial charge is 0.220 e. The number of nitrogens with one attached hydrogen (secondary N) is 1. The second-order valence-corrected chi connectivity index (χ2v) is 6.08. The van der Waals surface area contributed by atoms with Crippen LogP contribution in [0.25, 0.3) is 11.0 Å². The van der Waals surface area contributed by atoms with Crippen molar-refractivity contribution in [1.29, 1.82) is 0 Å². The predicted octanol–water partition coefficient (Wildman–Crippen LogP) is 4.11. The summed E-state index contributed by atoms with van der Waals surface area (Å²) in [7, 11) is 1.57. The highest BCUT2D eigenvalue weighted by molar-refractivity contribution is 5.96. The van der Waals surface area contributed by atoms with Crippen molar-refractivity contribution in [3.63, 3.8) is 0 Å². The zero-order valence-electron chi connectivity index (χ0n) is 14.7. The number of fused-ring (bicyclic) bond motifs is 1. The van der Waals surface area contributed by atoms with E-state index in [1.165, 1.54) is 0 Å². The van der Waals surface area contributed by atoms with Crippen LogP contribution in [0.15, 0.2) is 59.2 Å². The van der Waals surface area contributed by atoms with Crippen LogP contribution < -0.4 is 10.1 Å². The largest absolute Gasteiger partial charge is 0.497 e. The van der Waals surface area contributed by atoms with Gasteiger partial charge >= 0.3 is 0 Å². The molecule has 134 valence electrons. The number of amides is 1. The lowest BCUT2D eigenvalue weighted by molar-refractivity contribution is -0.121. The van der Waals surface area contributed by atoms with Crippen molar-refractivity contribution in [2.45, 2.75) is 25.8 Å². The molecule has 1 heterocycles. The van der Waals surface area contributed by atoms with E-state index in [4.69, 9.17) is 9.15 Å². The van der Waals surface area contributed by atoms with Gasteiger partial charge in [0.2, 0.25) is 5.91 Å². The van der Waals surface area contributed by atoms with E-state index in [-0.39, 0.29) is 11.7 Å². The molecule has 0 aliphatic heterocycles. The summed E-state index contributed by atoms with van der Waals surface area (Å²) < 4.78 is 10.5. The van der Waals surface area contributed by atoms with Crippen LogP contribution in [0, 0.1) is 0 Å². The minimum atomic E-state index is -0.0667. The summed E-state index contributed by atoms with van der Waals surface area (Å²) in [5.74, 6) is 0.602. The summed E-state index contributed by atoms with van der Waals surface area (Å²) in [5.41, 5.74) is 2.39. The molecule has 3 aromatic rings. The zero-order valence-corrected chi connectivity index (χ0v) is 14.7. The molecule has 0 unspecified atom stereocenters. The highest BCUT2D eigenvalue weighted by Crippen LogP contribution is 2.17. The van der Waals surface area contributed by atoms with Crippen molar-refractivity contribution >= 4 is 22.7 Å². The molecule has 1 amide bonds. The van der Waals surface area contributed by atoms with Gasteiger partial charge in [-0.15, -0.1) is 0 Å². The van der Waals surface area contributed by atoms with Gasteiger partial charge in [0, 0.05) is 30.3 Å². The van der Waals surface area contributed by atoms with Gasteiger partial charge in [0.15, 0.2) is 5.78 Å². The molecule has 0 saturated carbocycles. The van der Waals surface area contributed by atoms with Crippen LogP contribution in [-0.4, -0.2) is 18.8 Å². The lowest BCUT2D eigenvalue weighted by Gasteiger charge is -2.06. The maximum atomic E-state index is 12.2. The molecule has 0 spiro atoms. The molecule has 0 aliphatic carbocycles. The third-order valence-electron chi connectivity index (χ3n) is 4.21. The standard InChI is InChI=1S/C21H21NO4/c1-25-18-5-2-4-17(13-18)19(23)6-3-7-21(24)22-14-15-8-9-16-10-11-26-20(16)12-15/h2,4-5,8-13H,3,6-7,14H2,1H3,(H,22,24). The number of hydrogen-bond donors (Lipinski definition) is 1. The van der Waals surface area contributed by atoms with E-state index in [1.54, 1.807) is 37.6 Å². The van der Waals surface area contributed by atoms with Gasteiger partial charge in [-0.25, -0.2) is 0 Å². The second kappa shape index (κ2) is 8.34. The molecule has 0 bridgehead atoms. The van der Waals surface area contributed by atoms with Crippen molar-refractivity contribution in [2.75, 3.05) is 7.11 Å². The molecule has 0 aliphatic rings. The van der Waals surface area contributed by atoms with Crippen LogP contribution in [0.1, 0.15) is 35.2 Å². The molecular formula is C21H21NO4. The molecule has 3 rings (SSSR count). The summed E-state index contributed by atoms with van der Waals surface area (Å²) in [6.45, 7) is 0.444. The van der Waals surface area contributed by atoms with E-state index in [0.717, 1.165) is 16.5 Å². The Morgan fingerprint density at radius 3 is 2.81 bits per heavy atom. The molecule has 0 fully saturated rings. The quantitative estimate of drug-likeness (QED) is 0.620. The molecule has 0 radical (unpaired) electrons. The Kier molecular flexibility index (Phi) is 5.69. The number of Topliss-reactive ketones (excluding diaryl/α,β-unsaturated/α-hetero) is 1. The summed E-state index contributed by atoms with van der Waals surface area (Å²) in [6, 6.07) is 14.8.